The number of nitrogens with zero attached hydrogens (tertiary/aromatic N) is 14. The molecule has 4 aromatic rings. The molecule has 19 N–H and O–H groups in total. The van der Waals surface area contributed by atoms with Gasteiger partial charge >= 0.3 is 7.82 Å². The predicted octanol–water partition coefficient (Wildman–Crippen LogP) is -9.88. The van der Waals surface area contributed by atoms with Gasteiger partial charge in [-0.2, -0.15) is 0 Å². The van der Waals surface area contributed by atoms with Crippen molar-refractivity contribution in [2.75, 3.05) is 132 Å². The fraction of sp³-hybridized carbons (Fsp3) is 0.829. The van der Waals surface area contributed by atoms with E-state index < -0.39 is 199 Å². The Hall–Kier alpha value is -7.10. The molecule has 0 saturated carbocycles. The lowest BCUT2D eigenvalue weighted by molar-refractivity contribution is -0.272. The lowest BCUT2D eigenvalue weighted by atomic mass is 9.97. The number of carbonyl (C=O) groups is 5. The minimum absolute atomic E-state index is 0.00396. The molecular formula is C76H130N19O35P. The van der Waals surface area contributed by atoms with Crippen LogP contribution < -0.4 is 26.6 Å². The number of phosphoric ester groups is 1. The Bertz CT molecular complexity index is 3840. The summed E-state index contributed by atoms with van der Waals surface area (Å²) >= 11 is 0. The summed E-state index contributed by atoms with van der Waals surface area (Å²) in [5.74, 6) is -2.43. The molecule has 744 valence electrons. The second kappa shape index (κ2) is 55.8. The first-order valence-electron chi connectivity index (χ1n) is 43.6. The van der Waals surface area contributed by atoms with Crippen molar-refractivity contribution in [3.8, 4) is 0 Å². The molecule has 0 spiro atoms. The first-order chi connectivity index (χ1) is 62.9. The highest BCUT2D eigenvalue weighted by Crippen LogP contribution is 2.46. The van der Waals surface area contributed by atoms with Crippen molar-refractivity contribution >= 4 is 37.4 Å². The van der Waals surface area contributed by atoms with Crippen molar-refractivity contribution in [2.45, 2.75) is 272 Å². The van der Waals surface area contributed by atoms with Crippen LogP contribution in [0.15, 0.2) is 24.8 Å². The molecule has 131 heavy (non-hydrogen) atoms. The van der Waals surface area contributed by atoms with Crippen LogP contribution in [0, 0.1) is 0 Å². The lowest BCUT2D eigenvalue weighted by Gasteiger charge is -2.42. The largest absolute Gasteiger partial charge is 0.472 e. The molecule has 55 heteroatoms. The van der Waals surface area contributed by atoms with Crippen molar-refractivity contribution in [3.63, 3.8) is 0 Å². The van der Waals surface area contributed by atoms with Crippen molar-refractivity contribution in [2.24, 2.45) is 0 Å². The lowest BCUT2D eigenvalue weighted by Crippen LogP contribution is -2.64. The molecule has 0 bridgehead atoms. The minimum Gasteiger partial charge on any atom is -0.394 e. The highest BCUT2D eigenvalue weighted by atomic mass is 31.2. The van der Waals surface area contributed by atoms with Gasteiger partial charge < -0.3 is 159 Å². The predicted molar refractivity (Wildman–Crippen MR) is 438 cm³/mol. The standard InChI is InChI=1S/C76H130N19O35P/c1-45(100)78-59-67(108)63(104)55(41-96)126-73(59)121-29-25-116-21-15-92-37-49(82-86-92)33-90(34-50-38-93(87-83-50)16-22-117-26-30-122-74-60(79-46(2)101)68(109)64(105)56(42-97)127-74)14-9-7-11-53(71(112)77-13-8-5-6-10-19-125-131(114,115)130-54-12-20-120-72(54)113)91(35-51-39-94(88-84-51)17-23-118-27-31-123-75-61(80-47(3)102)69(110)65(106)57(43-98)128-75)36-52-40-95(89-85-52)18-24-119-28-32-124-76-62(81-48(4)103)70(111)66(107)58(44-99)129-76/h37-40,53-70,72-76,96-99,104-111,113H,5-36,41-44H2,1-4H3,(H,77,112)(H,78,100)(H,79,101)(H,80,102)(H,81,103)(H,114,115). The van der Waals surface area contributed by atoms with Crippen molar-refractivity contribution < 1.29 is 170 Å². The van der Waals surface area contributed by atoms with Gasteiger partial charge in [-0.3, -0.25) is 42.8 Å². The van der Waals surface area contributed by atoms with Gasteiger partial charge in [0, 0.05) is 91.6 Å². The van der Waals surface area contributed by atoms with Gasteiger partial charge in [-0.25, -0.2) is 23.3 Å². The number of aromatic nitrogens is 12. The van der Waals surface area contributed by atoms with Crippen LogP contribution in [0.4, 0.5) is 0 Å². The number of carbonyl (C=O) groups excluding carboxylic acids is 5. The Kier molecular flexibility index (Phi) is 45.8. The SMILES string of the molecule is CC(=O)NC1C(OCCOCCn2cc(CN(CCCCC(C(=O)NCCCCCCOP(=O)(O)OC3CCOC3O)N(Cc3cn(CCOCCOC4OC(CO)C(O)C(O)C4NC(C)=O)nn3)Cc3cn(CCOCCOC4OC(CO)C(O)C(O)C4NC(C)=O)nn3)Cc3cn(CCOCCOC4OC(CO)C(O)C(O)C4NC(C)=O)nn3)nn2)OC(CO)C(O)C1O. The zero-order chi connectivity index (χ0) is 94.5. The molecule has 9 rings (SSSR count). The maximum Gasteiger partial charge on any atom is 0.472 e. The van der Waals surface area contributed by atoms with Gasteiger partial charge in [0.15, 0.2) is 31.5 Å². The first kappa shape index (κ1) is 108. The summed E-state index contributed by atoms with van der Waals surface area (Å²) in [5.41, 5.74) is 1.97. The molecule has 5 aliphatic heterocycles. The number of ether oxygens (including phenoxy) is 13. The molecule has 5 aliphatic rings. The maximum atomic E-state index is 15.2. The number of aliphatic hydroxyl groups is 13. The summed E-state index contributed by atoms with van der Waals surface area (Å²) in [5, 5.41) is 182. The van der Waals surface area contributed by atoms with Gasteiger partial charge in [0.2, 0.25) is 29.5 Å². The molecule has 0 aliphatic carbocycles. The molecule has 24 atom stereocenters. The van der Waals surface area contributed by atoms with Crippen molar-refractivity contribution in [1.29, 1.82) is 0 Å². The van der Waals surface area contributed by atoms with Crippen LogP contribution in [0.2, 0.25) is 0 Å². The van der Waals surface area contributed by atoms with E-state index in [2.05, 4.69) is 72.7 Å². The maximum absolute atomic E-state index is 15.2. The Labute approximate surface area is 753 Å². The van der Waals surface area contributed by atoms with E-state index in [9.17, 15) is 95.0 Å². The van der Waals surface area contributed by atoms with Gasteiger partial charge in [0.05, 0.1) is 174 Å². The highest BCUT2D eigenvalue weighted by Gasteiger charge is 2.50. The third-order valence-corrected chi connectivity index (χ3v) is 22.6. The van der Waals surface area contributed by atoms with Gasteiger partial charge in [-0.15, -0.1) is 20.4 Å². The van der Waals surface area contributed by atoms with Crippen LogP contribution >= 0.6 is 7.82 Å². The molecule has 5 saturated heterocycles. The van der Waals surface area contributed by atoms with Crippen LogP contribution in [0.1, 0.15) is 102 Å². The van der Waals surface area contributed by atoms with Gasteiger partial charge in [0.25, 0.3) is 0 Å². The molecule has 0 radical (unpaired) electrons. The third kappa shape index (κ3) is 34.9. The number of hydrogen-bond acceptors (Lipinski definition) is 44. The minimum atomic E-state index is -4.53. The molecule has 5 amide bonds. The van der Waals surface area contributed by atoms with E-state index in [1.165, 1.54) is 37.1 Å². The zero-order valence-corrected chi connectivity index (χ0v) is 74.5. The van der Waals surface area contributed by atoms with Gasteiger partial charge in [0.1, 0.15) is 104 Å². The van der Waals surface area contributed by atoms with Crippen LogP contribution in [0.25, 0.3) is 0 Å². The highest BCUT2D eigenvalue weighted by molar-refractivity contribution is 7.47. The Morgan fingerprint density at radius 1 is 0.443 bits per heavy atom. The van der Waals surface area contributed by atoms with Crippen molar-refractivity contribution in [1.82, 2.24) is 96.4 Å². The molecule has 0 aromatic carbocycles. The molecule has 4 aromatic heterocycles. The third-order valence-electron chi connectivity index (χ3n) is 21.6. The normalized spacial score (nSPS) is 28.3. The number of aliphatic hydroxyl groups excluding tert-OH is 13. The average molecular weight is 1900 g/mol. The fourth-order valence-corrected chi connectivity index (χ4v) is 15.9. The number of phosphoric acid groups is 1. The number of amides is 5. The van der Waals surface area contributed by atoms with E-state index in [1.54, 1.807) is 34.2 Å². The summed E-state index contributed by atoms with van der Waals surface area (Å²) in [4.78, 5) is 77.5. The number of rotatable bonds is 61. The molecule has 9 heterocycles. The second-order valence-corrected chi connectivity index (χ2v) is 33.3. The number of nitrogens with one attached hydrogen (secondary N) is 5. The summed E-state index contributed by atoms with van der Waals surface area (Å²) in [7, 11) is -4.53. The summed E-state index contributed by atoms with van der Waals surface area (Å²) < 4.78 is 104. The summed E-state index contributed by atoms with van der Waals surface area (Å²) in [6.45, 7) is 4.50. The van der Waals surface area contributed by atoms with E-state index in [-0.39, 0.29) is 170 Å². The van der Waals surface area contributed by atoms with Crippen LogP contribution in [-0.2, 0) is 152 Å². The van der Waals surface area contributed by atoms with Crippen LogP contribution in [0.3, 0.4) is 0 Å². The quantitative estimate of drug-likeness (QED) is 0.0144. The molecule has 5 fully saturated rings. The smallest absolute Gasteiger partial charge is 0.394 e. The van der Waals surface area contributed by atoms with Gasteiger partial charge in [-0.05, 0) is 32.2 Å². The average Bonchev–Trinajstić information content (AvgIpc) is 1.53. The molecule has 24 unspecified atom stereocenters. The van der Waals surface area contributed by atoms with Crippen LogP contribution in [0.5, 0.6) is 0 Å². The molecular weight excluding hydrogens is 1770 g/mol. The van der Waals surface area contributed by atoms with Gasteiger partial charge in [-0.1, -0.05) is 40.1 Å². The summed E-state index contributed by atoms with van der Waals surface area (Å²) in [6.07, 6.45) is -14.0. The summed E-state index contributed by atoms with van der Waals surface area (Å²) in [6, 6.07) is -5.52. The Morgan fingerprint density at radius 2 is 0.779 bits per heavy atom. The Balaban J connectivity index is 0.892. The number of hydrogen-bond donors (Lipinski definition) is 19. The van der Waals surface area contributed by atoms with E-state index >= 15 is 4.79 Å². The van der Waals surface area contributed by atoms with E-state index in [1.807, 2.05) is 4.90 Å². The first-order valence-corrected chi connectivity index (χ1v) is 45.1. The van der Waals surface area contributed by atoms with Crippen LogP contribution in [-0.4, -0.2) is 444 Å². The fourth-order valence-electron chi connectivity index (χ4n) is 14.9. The zero-order valence-electron chi connectivity index (χ0n) is 73.6. The number of unbranched alkanes of at least 4 members (excludes halogenated alkanes) is 4. The van der Waals surface area contributed by atoms with E-state index in [4.69, 9.17) is 70.6 Å². The van der Waals surface area contributed by atoms with Crippen molar-refractivity contribution in [3.05, 3.63) is 47.6 Å². The second-order valence-electron chi connectivity index (χ2n) is 31.9. The Morgan fingerprint density at radius 3 is 1.10 bits per heavy atom. The molecule has 54 nitrogen and oxygen atoms in total. The van der Waals surface area contributed by atoms with E-state index in [0.717, 1.165) is 0 Å². The topological polar surface area (TPSA) is 714 Å². The van der Waals surface area contributed by atoms with E-state index in [0.29, 0.717) is 67.8 Å². The monoisotopic (exact) mass is 1900 g/mol.